The summed E-state index contributed by atoms with van der Waals surface area (Å²) in [6, 6.07) is 1.73. The van der Waals surface area contributed by atoms with E-state index in [1.165, 1.54) is 38.5 Å². The van der Waals surface area contributed by atoms with Crippen LogP contribution in [0.4, 0.5) is 0 Å². The lowest BCUT2D eigenvalue weighted by molar-refractivity contribution is -0.126. The molecule has 3 rings (SSSR count). The molecule has 0 spiro atoms. The number of piperidine rings is 1. The maximum atomic E-state index is 12.5. The number of nitrogens with one attached hydrogen (secondary N) is 2. The molecule has 3 aliphatic heterocycles. The van der Waals surface area contributed by atoms with Gasteiger partial charge in [0.15, 0.2) is 0 Å². The van der Waals surface area contributed by atoms with Gasteiger partial charge in [-0.25, -0.2) is 0 Å². The molecule has 6 heteroatoms. The Morgan fingerprint density at radius 2 is 1.59 bits per heavy atom. The van der Waals surface area contributed by atoms with E-state index in [1.807, 2.05) is 0 Å². The third-order valence-corrected chi connectivity index (χ3v) is 5.39. The number of carbonyl (C=O) groups excluding carboxylic acids is 1. The van der Waals surface area contributed by atoms with Gasteiger partial charge in [0, 0.05) is 18.1 Å². The number of rotatable bonds is 3. The van der Waals surface area contributed by atoms with Crippen LogP contribution in [0.2, 0.25) is 0 Å². The monoisotopic (exact) mass is 351 g/mol. The fraction of sp³-hybridized carbons (Fsp3) is 0.938. The summed E-state index contributed by atoms with van der Waals surface area (Å²) in [6.07, 6.45) is 9.95. The maximum Gasteiger partial charge on any atom is 0.237 e. The van der Waals surface area contributed by atoms with Crippen LogP contribution in [0, 0.1) is 0 Å². The second-order valence-corrected chi connectivity index (χ2v) is 6.94. The minimum absolute atomic E-state index is 0. The van der Waals surface area contributed by atoms with Gasteiger partial charge in [0.1, 0.15) is 0 Å². The Balaban J connectivity index is 0.00000121. The molecule has 2 N–H and O–H groups in total. The van der Waals surface area contributed by atoms with Crippen LogP contribution >= 0.6 is 24.8 Å². The fourth-order valence-electron chi connectivity index (χ4n) is 4.15. The minimum Gasteiger partial charge on any atom is -0.352 e. The van der Waals surface area contributed by atoms with E-state index in [2.05, 4.69) is 22.5 Å². The van der Waals surface area contributed by atoms with Crippen molar-refractivity contribution in [2.45, 2.75) is 82.5 Å². The SMILES string of the molecule is CC(C(=O)NC1CC2CCC(C1)N2)N1CCCCCC1.Cl.Cl. The van der Waals surface area contributed by atoms with Gasteiger partial charge in [0.05, 0.1) is 6.04 Å². The van der Waals surface area contributed by atoms with Gasteiger partial charge in [-0.3, -0.25) is 9.69 Å². The summed E-state index contributed by atoms with van der Waals surface area (Å²) < 4.78 is 0. The van der Waals surface area contributed by atoms with Gasteiger partial charge in [-0.15, -0.1) is 24.8 Å². The zero-order valence-corrected chi connectivity index (χ0v) is 15.2. The zero-order valence-electron chi connectivity index (χ0n) is 13.6. The molecular weight excluding hydrogens is 321 g/mol. The predicted molar refractivity (Wildman–Crippen MR) is 95.1 cm³/mol. The van der Waals surface area contributed by atoms with E-state index in [9.17, 15) is 4.79 Å². The number of hydrogen-bond acceptors (Lipinski definition) is 3. The average Bonchev–Trinajstić information content (AvgIpc) is 2.68. The smallest absolute Gasteiger partial charge is 0.237 e. The quantitative estimate of drug-likeness (QED) is 0.820. The number of halogens is 2. The van der Waals surface area contributed by atoms with Crippen molar-refractivity contribution in [3.05, 3.63) is 0 Å². The fourth-order valence-corrected chi connectivity index (χ4v) is 4.15. The molecule has 0 saturated carbocycles. The summed E-state index contributed by atoms with van der Waals surface area (Å²) in [7, 11) is 0. The first kappa shape index (κ1) is 20.0. The van der Waals surface area contributed by atoms with Crippen LogP contribution < -0.4 is 10.6 Å². The van der Waals surface area contributed by atoms with Crippen LogP contribution in [0.1, 0.15) is 58.3 Å². The number of carbonyl (C=O) groups is 1. The summed E-state index contributed by atoms with van der Waals surface area (Å²) in [6.45, 7) is 4.26. The van der Waals surface area contributed by atoms with E-state index in [4.69, 9.17) is 0 Å². The van der Waals surface area contributed by atoms with Crippen LogP contribution in [-0.2, 0) is 4.79 Å². The number of nitrogens with zero attached hydrogens (tertiary/aromatic N) is 1. The highest BCUT2D eigenvalue weighted by atomic mass is 35.5. The van der Waals surface area contributed by atoms with Gasteiger partial charge in [-0.2, -0.15) is 0 Å². The molecule has 0 aromatic carbocycles. The van der Waals surface area contributed by atoms with Crippen LogP contribution in [-0.4, -0.2) is 48.1 Å². The zero-order chi connectivity index (χ0) is 13.9. The highest BCUT2D eigenvalue weighted by Gasteiger charge is 2.35. The Kier molecular flexibility index (Phi) is 8.47. The standard InChI is InChI=1S/C16H29N3O.2ClH/c1-12(19-8-4-2-3-5-9-19)16(20)18-15-10-13-6-7-14(11-15)17-13;;/h12-15,17H,2-11H2,1H3,(H,18,20);2*1H. The third kappa shape index (κ3) is 4.98. The molecule has 1 amide bonds. The summed E-state index contributed by atoms with van der Waals surface area (Å²) >= 11 is 0. The Bertz CT molecular complexity index is 336. The largest absolute Gasteiger partial charge is 0.352 e. The Hall–Kier alpha value is -0.0300. The van der Waals surface area contributed by atoms with Crippen molar-refractivity contribution < 1.29 is 4.79 Å². The molecule has 3 aliphatic rings. The van der Waals surface area contributed by atoms with Gasteiger partial charge in [-0.05, 0) is 58.5 Å². The van der Waals surface area contributed by atoms with Crippen molar-refractivity contribution in [2.24, 2.45) is 0 Å². The number of amides is 1. The second kappa shape index (κ2) is 9.31. The second-order valence-electron chi connectivity index (χ2n) is 6.94. The molecule has 0 radical (unpaired) electrons. The maximum absolute atomic E-state index is 12.5. The number of likely N-dealkylation sites (tertiary alicyclic amines) is 1. The van der Waals surface area contributed by atoms with Gasteiger partial charge in [-0.1, -0.05) is 12.8 Å². The highest BCUT2D eigenvalue weighted by molar-refractivity contribution is 5.85. The van der Waals surface area contributed by atoms with Crippen LogP contribution in [0.25, 0.3) is 0 Å². The molecule has 22 heavy (non-hydrogen) atoms. The van der Waals surface area contributed by atoms with Crippen molar-refractivity contribution in [3.8, 4) is 0 Å². The first-order valence-corrected chi connectivity index (χ1v) is 8.53. The van der Waals surface area contributed by atoms with Crippen molar-refractivity contribution in [1.29, 1.82) is 0 Å². The highest BCUT2D eigenvalue weighted by Crippen LogP contribution is 2.26. The van der Waals surface area contributed by atoms with Gasteiger partial charge < -0.3 is 10.6 Å². The molecule has 4 nitrogen and oxygen atoms in total. The van der Waals surface area contributed by atoms with E-state index in [0.29, 0.717) is 18.1 Å². The summed E-state index contributed by atoms with van der Waals surface area (Å²) in [5.74, 6) is 0.248. The average molecular weight is 352 g/mol. The summed E-state index contributed by atoms with van der Waals surface area (Å²) in [5, 5.41) is 6.95. The summed E-state index contributed by atoms with van der Waals surface area (Å²) in [5.41, 5.74) is 0. The molecule has 0 aromatic rings. The van der Waals surface area contributed by atoms with E-state index < -0.39 is 0 Å². The molecule has 3 unspecified atom stereocenters. The first-order valence-electron chi connectivity index (χ1n) is 8.53. The minimum atomic E-state index is 0. The van der Waals surface area contributed by atoms with Crippen molar-refractivity contribution in [1.82, 2.24) is 15.5 Å². The van der Waals surface area contributed by atoms with Crippen molar-refractivity contribution in [3.63, 3.8) is 0 Å². The first-order chi connectivity index (χ1) is 9.72. The van der Waals surface area contributed by atoms with Crippen LogP contribution in [0.15, 0.2) is 0 Å². The lowest BCUT2D eigenvalue weighted by Crippen LogP contribution is -2.53. The number of fused-ring (bicyclic) bond motifs is 2. The van der Waals surface area contributed by atoms with Crippen LogP contribution in [0.3, 0.4) is 0 Å². The van der Waals surface area contributed by atoms with E-state index in [0.717, 1.165) is 25.9 Å². The van der Waals surface area contributed by atoms with Crippen molar-refractivity contribution in [2.75, 3.05) is 13.1 Å². The van der Waals surface area contributed by atoms with E-state index >= 15 is 0 Å². The normalized spacial score (nSPS) is 33.0. The Morgan fingerprint density at radius 3 is 2.14 bits per heavy atom. The molecule has 130 valence electrons. The van der Waals surface area contributed by atoms with Gasteiger partial charge >= 0.3 is 0 Å². The van der Waals surface area contributed by atoms with Gasteiger partial charge in [0.2, 0.25) is 5.91 Å². The molecule has 3 heterocycles. The van der Waals surface area contributed by atoms with Crippen LogP contribution in [0.5, 0.6) is 0 Å². The molecule has 0 aromatic heterocycles. The molecule has 0 aliphatic carbocycles. The Morgan fingerprint density at radius 1 is 1.05 bits per heavy atom. The van der Waals surface area contributed by atoms with E-state index in [1.54, 1.807) is 0 Å². The molecule has 3 saturated heterocycles. The van der Waals surface area contributed by atoms with Gasteiger partial charge in [0.25, 0.3) is 0 Å². The third-order valence-electron chi connectivity index (χ3n) is 5.39. The topological polar surface area (TPSA) is 44.4 Å². The Labute approximate surface area is 147 Å². The predicted octanol–water partition coefficient (Wildman–Crippen LogP) is 2.49. The molecule has 3 fully saturated rings. The van der Waals surface area contributed by atoms with E-state index in [-0.39, 0.29) is 36.8 Å². The molecule has 2 bridgehead atoms. The summed E-state index contributed by atoms with van der Waals surface area (Å²) in [4.78, 5) is 14.9. The lowest BCUT2D eigenvalue weighted by atomic mass is 9.99. The van der Waals surface area contributed by atoms with Crippen molar-refractivity contribution >= 4 is 30.7 Å². The lowest BCUT2D eigenvalue weighted by Gasteiger charge is -2.32. The molecular formula is C16H31Cl2N3O. The number of hydrogen-bond donors (Lipinski definition) is 2. The molecule has 3 atom stereocenters.